The van der Waals surface area contributed by atoms with Gasteiger partial charge in [0.1, 0.15) is 0 Å². The van der Waals surface area contributed by atoms with Gasteiger partial charge in [0.25, 0.3) is 0 Å². The van der Waals surface area contributed by atoms with Gasteiger partial charge in [0.05, 0.1) is 12.7 Å². The molecular weight excluding hydrogens is 154 g/mol. The van der Waals surface area contributed by atoms with E-state index in [0.717, 1.165) is 19.3 Å². The van der Waals surface area contributed by atoms with Gasteiger partial charge in [-0.3, -0.25) is 0 Å². The summed E-state index contributed by atoms with van der Waals surface area (Å²) in [6.45, 7) is 4.19. The predicted molar refractivity (Wildman–Crippen MR) is 49.8 cm³/mol. The fourth-order valence-corrected chi connectivity index (χ4v) is 1.22. The maximum absolute atomic E-state index is 9.52. The maximum atomic E-state index is 9.52. The lowest BCUT2D eigenvalue weighted by Crippen LogP contribution is -2.40. The Kier molecular flexibility index (Phi) is 5.46. The van der Waals surface area contributed by atoms with E-state index >= 15 is 0 Å². The van der Waals surface area contributed by atoms with Crippen LogP contribution in [0, 0.1) is 5.41 Å². The number of aliphatic hydroxyl groups excluding tert-OH is 2. The highest BCUT2D eigenvalue weighted by Crippen LogP contribution is 2.27. The Labute approximate surface area is 74.6 Å². The van der Waals surface area contributed by atoms with Crippen LogP contribution in [0.15, 0.2) is 0 Å². The number of hydrogen-bond donors (Lipinski definition) is 3. The first-order valence-electron chi connectivity index (χ1n) is 4.59. The zero-order chi connectivity index (χ0) is 9.61. The smallest absolute Gasteiger partial charge is 0.0737 e. The lowest BCUT2D eigenvalue weighted by atomic mass is 9.80. The first kappa shape index (κ1) is 11.9. The molecule has 0 heterocycles. The molecule has 0 aliphatic carbocycles. The van der Waals surface area contributed by atoms with E-state index in [1.54, 1.807) is 0 Å². The third kappa shape index (κ3) is 3.09. The van der Waals surface area contributed by atoms with E-state index in [2.05, 4.69) is 6.92 Å². The molecule has 0 spiro atoms. The van der Waals surface area contributed by atoms with Crippen molar-refractivity contribution in [3.63, 3.8) is 0 Å². The van der Waals surface area contributed by atoms with Gasteiger partial charge in [0, 0.05) is 12.0 Å². The first-order chi connectivity index (χ1) is 5.60. The molecule has 3 nitrogen and oxygen atoms in total. The van der Waals surface area contributed by atoms with Gasteiger partial charge in [-0.25, -0.2) is 0 Å². The van der Waals surface area contributed by atoms with E-state index in [0.29, 0.717) is 0 Å². The summed E-state index contributed by atoms with van der Waals surface area (Å²) in [5, 5.41) is 18.6. The van der Waals surface area contributed by atoms with Crippen molar-refractivity contribution in [2.75, 3.05) is 13.2 Å². The summed E-state index contributed by atoms with van der Waals surface area (Å²) >= 11 is 0. The molecule has 0 aromatic carbocycles. The molecule has 0 radical (unpaired) electrons. The fourth-order valence-electron chi connectivity index (χ4n) is 1.22. The third-order valence-electron chi connectivity index (χ3n) is 2.49. The van der Waals surface area contributed by atoms with Crippen molar-refractivity contribution < 1.29 is 10.2 Å². The Balaban J connectivity index is 4.03. The third-order valence-corrected chi connectivity index (χ3v) is 2.49. The molecule has 0 aromatic heterocycles. The largest absolute Gasteiger partial charge is 0.396 e. The second-order valence-corrected chi connectivity index (χ2v) is 3.67. The molecule has 74 valence electrons. The van der Waals surface area contributed by atoms with Crippen molar-refractivity contribution in [2.45, 2.75) is 39.2 Å². The van der Waals surface area contributed by atoms with Crippen LogP contribution in [0.3, 0.4) is 0 Å². The Morgan fingerprint density at radius 1 is 1.50 bits per heavy atom. The highest BCUT2D eigenvalue weighted by atomic mass is 16.3. The Morgan fingerprint density at radius 3 is 2.42 bits per heavy atom. The van der Waals surface area contributed by atoms with Crippen LogP contribution in [0.4, 0.5) is 0 Å². The Bertz CT molecular complexity index is 119. The van der Waals surface area contributed by atoms with E-state index in [-0.39, 0.29) is 13.2 Å². The average Bonchev–Trinajstić information content (AvgIpc) is 2.12. The number of hydrogen-bond acceptors (Lipinski definition) is 3. The van der Waals surface area contributed by atoms with E-state index < -0.39 is 11.5 Å². The van der Waals surface area contributed by atoms with Gasteiger partial charge in [-0.15, -0.1) is 0 Å². The van der Waals surface area contributed by atoms with Gasteiger partial charge in [0.15, 0.2) is 0 Å². The highest BCUT2D eigenvalue weighted by molar-refractivity contribution is 4.81. The van der Waals surface area contributed by atoms with Gasteiger partial charge < -0.3 is 15.9 Å². The molecule has 0 rings (SSSR count). The van der Waals surface area contributed by atoms with Gasteiger partial charge >= 0.3 is 0 Å². The summed E-state index contributed by atoms with van der Waals surface area (Å²) in [7, 11) is 0. The van der Waals surface area contributed by atoms with Gasteiger partial charge in [0.2, 0.25) is 0 Å². The fraction of sp³-hybridized carbons (Fsp3) is 1.00. The number of aliphatic hydroxyl groups is 2. The van der Waals surface area contributed by atoms with Crippen LogP contribution in [0.25, 0.3) is 0 Å². The van der Waals surface area contributed by atoms with E-state index in [1.165, 1.54) is 0 Å². The molecule has 12 heavy (non-hydrogen) atoms. The SMILES string of the molecule is CCCCC(C)(CO)C(O)CN. The van der Waals surface area contributed by atoms with E-state index in [4.69, 9.17) is 10.8 Å². The van der Waals surface area contributed by atoms with E-state index in [9.17, 15) is 5.11 Å². The quantitative estimate of drug-likeness (QED) is 0.550. The zero-order valence-electron chi connectivity index (χ0n) is 8.08. The molecule has 3 heteroatoms. The van der Waals surface area contributed by atoms with Crippen molar-refractivity contribution in [3.05, 3.63) is 0 Å². The Morgan fingerprint density at radius 2 is 2.08 bits per heavy atom. The van der Waals surface area contributed by atoms with Crippen molar-refractivity contribution in [3.8, 4) is 0 Å². The van der Waals surface area contributed by atoms with Crippen LogP contribution in [-0.4, -0.2) is 29.5 Å². The van der Waals surface area contributed by atoms with Crippen molar-refractivity contribution in [1.82, 2.24) is 0 Å². The first-order valence-corrected chi connectivity index (χ1v) is 4.59. The summed E-state index contributed by atoms with van der Waals surface area (Å²) in [4.78, 5) is 0. The van der Waals surface area contributed by atoms with Crippen LogP contribution in [-0.2, 0) is 0 Å². The monoisotopic (exact) mass is 175 g/mol. The van der Waals surface area contributed by atoms with Gasteiger partial charge in [-0.05, 0) is 6.42 Å². The minimum absolute atomic E-state index is 0.00532. The minimum Gasteiger partial charge on any atom is -0.396 e. The molecule has 0 saturated carbocycles. The molecule has 0 saturated heterocycles. The van der Waals surface area contributed by atoms with Gasteiger partial charge in [-0.1, -0.05) is 26.7 Å². The normalized spacial score (nSPS) is 18.8. The maximum Gasteiger partial charge on any atom is 0.0737 e. The molecule has 0 aliphatic rings. The molecule has 0 fully saturated rings. The van der Waals surface area contributed by atoms with Crippen LogP contribution in [0.2, 0.25) is 0 Å². The molecule has 2 atom stereocenters. The summed E-state index contributed by atoms with van der Waals surface area (Å²) in [6.07, 6.45) is 2.34. The van der Waals surface area contributed by atoms with Crippen LogP contribution in [0.1, 0.15) is 33.1 Å². The summed E-state index contributed by atoms with van der Waals surface area (Å²) in [5.41, 5.74) is 4.93. The predicted octanol–water partition coefficient (Wildman–Crippen LogP) is 0.495. The molecule has 0 aromatic rings. The molecule has 0 bridgehead atoms. The topological polar surface area (TPSA) is 66.5 Å². The average molecular weight is 175 g/mol. The van der Waals surface area contributed by atoms with Gasteiger partial charge in [-0.2, -0.15) is 0 Å². The molecule has 2 unspecified atom stereocenters. The standard InChI is InChI=1S/C9H21NO2/c1-3-4-5-9(2,7-11)8(12)6-10/h8,11-12H,3-7,10H2,1-2H3. The minimum atomic E-state index is -0.589. The van der Waals surface area contributed by atoms with Crippen LogP contribution in [0.5, 0.6) is 0 Å². The summed E-state index contributed by atoms with van der Waals surface area (Å²) < 4.78 is 0. The van der Waals surface area contributed by atoms with Crippen molar-refractivity contribution in [2.24, 2.45) is 11.1 Å². The van der Waals surface area contributed by atoms with E-state index in [1.807, 2.05) is 6.92 Å². The lowest BCUT2D eigenvalue weighted by Gasteiger charge is -2.31. The molecule has 4 N–H and O–H groups in total. The second kappa shape index (κ2) is 5.51. The molecule has 0 aliphatic heterocycles. The number of nitrogens with two attached hydrogens (primary N) is 1. The summed E-state index contributed by atoms with van der Waals surface area (Å²) in [6, 6.07) is 0. The van der Waals surface area contributed by atoms with Crippen LogP contribution >= 0.6 is 0 Å². The highest BCUT2D eigenvalue weighted by Gasteiger charge is 2.30. The molecule has 0 amide bonds. The number of rotatable bonds is 6. The number of unbranched alkanes of at least 4 members (excludes halogenated alkanes) is 1. The Hall–Kier alpha value is -0.120. The lowest BCUT2D eigenvalue weighted by molar-refractivity contribution is -0.00652. The summed E-state index contributed by atoms with van der Waals surface area (Å²) in [5.74, 6) is 0. The van der Waals surface area contributed by atoms with Crippen LogP contribution < -0.4 is 5.73 Å². The zero-order valence-corrected chi connectivity index (χ0v) is 8.08. The van der Waals surface area contributed by atoms with Crippen molar-refractivity contribution >= 4 is 0 Å². The molecular formula is C9H21NO2. The second-order valence-electron chi connectivity index (χ2n) is 3.67. The van der Waals surface area contributed by atoms with Crippen molar-refractivity contribution in [1.29, 1.82) is 0 Å².